The van der Waals surface area contributed by atoms with E-state index in [2.05, 4.69) is 53.3 Å². The molecule has 2 unspecified atom stereocenters. The molecular formula is C42H56O4. The number of allylic oxidation sites excluding steroid dienone is 3. The fourth-order valence-corrected chi connectivity index (χ4v) is 7.21. The number of phenolic OH excluding ortho intramolecular Hbond substituents is 3. The summed E-state index contributed by atoms with van der Waals surface area (Å²) in [5.74, 6) is 2.30. The van der Waals surface area contributed by atoms with Crippen molar-refractivity contribution in [3.05, 3.63) is 88.5 Å². The Morgan fingerprint density at radius 2 is 1.43 bits per heavy atom. The van der Waals surface area contributed by atoms with Crippen LogP contribution in [0.5, 0.6) is 23.0 Å². The molecule has 0 fully saturated rings. The lowest BCUT2D eigenvalue weighted by Gasteiger charge is -2.46. The summed E-state index contributed by atoms with van der Waals surface area (Å²) < 4.78 is 6.36. The van der Waals surface area contributed by atoms with Crippen LogP contribution in [-0.2, 0) is 12.8 Å². The van der Waals surface area contributed by atoms with Crippen molar-refractivity contribution in [3.8, 4) is 34.1 Å². The molecule has 4 heteroatoms. The van der Waals surface area contributed by atoms with Gasteiger partial charge in [-0.3, -0.25) is 0 Å². The summed E-state index contributed by atoms with van der Waals surface area (Å²) in [5, 5.41) is 31.7. The summed E-state index contributed by atoms with van der Waals surface area (Å²) in [4.78, 5) is 0. The van der Waals surface area contributed by atoms with Crippen LogP contribution in [0, 0.1) is 12.8 Å². The summed E-state index contributed by atoms with van der Waals surface area (Å²) in [5.41, 5.74) is 8.68. The molecule has 0 bridgehead atoms. The van der Waals surface area contributed by atoms with Gasteiger partial charge in [-0.2, -0.15) is 0 Å². The maximum absolute atomic E-state index is 10.7. The molecule has 2 atom stereocenters. The predicted octanol–water partition coefficient (Wildman–Crippen LogP) is 11.6. The summed E-state index contributed by atoms with van der Waals surface area (Å²) in [7, 11) is 0. The maximum atomic E-state index is 10.7. The van der Waals surface area contributed by atoms with Crippen molar-refractivity contribution in [2.75, 3.05) is 0 Å². The normalized spacial score (nSPS) is 17.9. The van der Waals surface area contributed by atoms with E-state index in [1.54, 1.807) is 12.1 Å². The molecule has 1 aliphatic heterocycles. The number of benzene rings is 3. The van der Waals surface area contributed by atoms with E-state index in [4.69, 9.17) is 4.74 Å². The van der Waals surface area contributed by atoms with Crippen molar-refractivity contribution < 1.29 is 20.1 Å². The fourth-order valence-electron chi connectivity index (χ4n) is 7.21. The van der Waals surface area contributed by atoms with Gasteiger partial charge in [0.05, 0.1) is 5.56 Å². The number of hydrogen-bond donors (Lipinski definition) is 3. The van der Waals surface area contributed by atoms with Gasteiger partial charge in [0.15, 0.2) is 0 Å². The van der Waals surface area contributed by atoms with E-state index >= 15 is 0 Å². The van der Waals surface area contributed by atoms with Crippen LogP contribution >= 0.6 is 0 Å². The molecule has 3 N–H and O–H groups in total. The molecule has 1 aliphatic carbocycles. The van der Waals surface area contributed by atoms with Crippen molar-refractivity contribution >= 4 is 5.57 Å². The molecule has 3 aromatic carbocycles. The Bertz CT molecular complexity index is 1540. The van der Waals surface area contributed by atoms with Crippen LogP contribution in [0.25, 0.3) is 16.7 Å². The molecule has 5 rings (SSSR count). The van der Waals surface area contributed by atoms with Gasteiger partial charge in [-0.15, -0.1) is 0 Å². The Labute approximate surface area is 277 Å². The monoisotopic (exact) mass is 624 g/mol. The number of fused-ring (bicyclic) bond motifs is 3. The third kappa shape index (κ3) is 8.18. The zero-order valence-electron chi connectivity index (χ0n) is 29.3. The van der Waals surface area contributed by atoms with E-state index in [1.165, 1.54) is 30.4 Å². The topological polar surface area (TPSA) is 69.9 Å². The third-order valence-electron chi connectivity index (χ3n) is 9.73. The lowest BCUT2D eigenvalue weighted by Crippen LogP contribution is -2.45. The Morgan fingerprint density at radius 3 is 2.02 bits per heavy atom. The number of unbranched alkanes of at least 4 members (excludes halogenated alkanes) is 4. The second kappa shape index (κ2) is 15.3. The molecule has 3 aromatic rings. The second-order valence-corrected chi connectivity index (χ2v) is 14.2. The zero-order valence-corrected chi connectivity index (χ0v) is 29.3. The van der Waals surface area contributed by atoms with E-state index < -0.39 is 0 Å². The molecule has 0 saturated carbocycles. The Morgan fingerprint density at radius 1 is 0.848 bits per heavy atom. The molecule has 0 spiro atoms. The van der Waals surface area contributed by atoms with Crippen LogP contribution in [0.15, 0.2) is 60.7 Å². The predicted molar refractivity (Wildman–Crippen MR) is 193 cm³/mol. The summed E-state index contributed by atoms with van der Waals surface area (Å²) in [6.07, 6.45) is 13.5. The first-order chi connectivity index (χ1) is 21.9. The highest BCUT2D eigenvalue weighted by Gasteiger charge is 2.45. The SMILES string of the molecule is C=C(C)c1ccc(C)cc1-c1c(O)cc(CCCCC)cc1O.CCCCCc1cc(O)c2c(c1)OC(C)(C)C1CCC(C)=CC21. The summed E-state index contributed by atoms with van der Waals surface area (Å²) in [6, 6.07) is 13.7. The lowest BCUT2D eigenvalue weighted by atomic mass is 9.68. The van der Waals surface area contributed by atoms with Gasteiger partial charge in [0.2, 0.25) is 0 Å². The third-order valence-corrected chi connectivity index (χ3v) is 9.73. The average Bonchev–Trinajstić information content (AvgIpc) is 2.96. The van der Waals surface area contributed by atoms with E-state index in [0.29, 0.717) is 17.2 Å². The Balaban J connectivity index is 0.000000209. The van der Waals surface area contributed by atoms with Crippen molar-refractivity contribution in [1.82, 2.24) is 0 Å². The average molecular weight is 625 g/mol. The van der Waals surface area contributed by atoms with Crippen LogP contribution in [0.4, 0.5) is 0 Å². The molecule has 1 heterocycles. The number of rotatable bonds is 10. The quantitative estimate of drug-likeness (QED) is 0.155. The second-order valence-electron chi connectivity index (χ2n) is 14.2. The van der Waals surface area contributed by atoms with Crippen molar-refractivity contribution in [2.45, 2.75) is 124 Å². The van der Waals surface area contributed by atoms with Gasteiger partial charge in [-0.1, -0.05) is 87.1 Å². The highest BCUT2D eigenvalue weighted by Crippen LogP contribution is 2.53. The van der Waals surface area contributed by atoms with Crippen molar-refractivity contribution in [3.63, 3.8) is 0 Å². The highest BCUT2D eigenvalue weighted by atomic mass is 16.5. The number of aryl methyl sites for hydroxylation is 3. The van der Waals surface area contributed by atoms with Gasteiger partial charge in [0.1, 0.15) is 28.6 Å². The molecule has 0 aromatic heterocycles. The maximum Gasteiger partial charge on any atom is 0.127 e. The van der Waals surface area contributed by atoms with Crippen molar-refractivity contribution in [1.29, 1.82) is 0 Å². The number of phenols is 3. The largest absolute Gasteiger partial charge is 0.507 e. The molecular weight excluding hydrogens is 568 g/mol. The molecule has 0 amide bonds. The van der Waals surface area contributed by atoms with Crippen LogP contribution in [-0.4, -0.2) is 20.9 Å². The van der Waals surface area contributed by atoms with E-state index in [1.807, 2.05) is 38.1 Å². The van der Waals surface area contributed by atoms with Crippen LogP contribution < -0.4 is 4.74 Å². The molecule has 4 nitrogen and oxygen atoms in total. The van der Waals surface area contributed by atoms with Gasteiger partial charge in [0, 0.05) is 17.4 Å². The minimum atomic E-state index is -0.177. The van der Waals surface area contributed by atoms with Gasteiger partial charge in [-0.25, -0.2) is 0 Å². The zero-order chi connectivity index (χ0) is 33.6. The number of ether oxygens (including phenoxy) is 1. The minimum Gasteiger partial charge on any atom is -0.507 e. The summed E-state index contributed by atoms with van der Waals surface area (Å²) >= 11 is 0. The Kier molecular flexibility index (Phi) is 11.7. The number of hydrogen-bond acceptors (Lipinski definition) is 4. The fraction of sp³-hybridized carbons (Fsp3) is 0.476. The smallest absolute Gasteiger partial charge is 0.127 e. The van der Waals surface area contributed by atoms with Crippen molar-refractivity contribution in [2.24, 2.45) is 5.92 Å². The van der Waals surface area contributed by atoms with Gasteiger partial charge >= 0.3 is 0 Å². The summed E-state index contributed by atoms with van der Waals surface area (Å²) in [6.45, 7) is 18.9. The first kappa shape index (κ1) is 35.2. The van der Waals surface area contributed by atoms with E-state index in [0.717, 1.165) is 84.1 Å². The first-order valence-corrected chi connectivity index (χ1v) is 17.4. The highest BCUT2D eigenvalue weighted by molar-refractivity contribution is 5.86. The van der Waals surface area contributed by atoms with Gasteiger partial charge in [-0.05, 0) is 120 Å². The van der Waals surface area contributed by atoms with Gasteiger partial charge in [0.25, 0.3) is 0 Å². The number of aromatic hydroxyl groups is 3. The van der Waals surface area contributed by atoms with Crippen LogP contribution in [0.2, 0.25) is 0 Å². The van der Waals surface area contributed by atoms with Crippen LogP contribution in [0.3, 0.4) is 0 Å². The van der Waals surface area contributed by atoms with E-state index in [-0.39, 0.29) is 23.0 Å². The van der Waals surface area contributed by atoms with Crippen LogP contribution in [0.1, 0.15) is 127 Å². The first-order valence-electron chi connectivity index (χ1n) is 17.4. The molecule has 0 radical (unpaired) electrons. The minimum absolute atomic E-state index is 0.129. The lowest BCUT2D eigenvalue weighted by molar-refractivity contribution is 0.0107. The molecule has 2 aliphatic rings. The van der Waals surface area contributed by atoms with E-state index in [9.17, 15) is 15.3 Å². The van der Waals surface area contributed by atoms with Gasteiger partial charge < -0.3 is 20.1 Å². The molecule has 248 valence electrons. The molecule has 46 heavy (non-hydrogen) atoms. The standard InChI is InChI=1S/C21H30O2.C21H26O2/c1-5-6-7-8-15-12-18(22)20-16-11-14(2)9-10-17(16)21(3,4)23-19(20)13-15;1-5-6-7-8-16-12-19(22)21(20(23)13-16)18-11-15(4)9-10-17(18)14(2)3/h11-13,16-17,22H,5-10H2,1-4H3;9-13,22-23H,2,5-8H2,1,3-4H3. The Hall–Kier alpha value is -3.66. The molecule has 0 saturated heterocycles.